The molecule has 2 amide bonds. The Labute approximate surface area is 204 Å². The number of benzene rings is 1. The maximum atomic E-state index is 12.3. The fourth-order valence-electron chi connectivity index (χ4n) is 3.88. The van der Waals surface area contributed by atoms with Crippen molar-refractivity contribution < 1.29 is 9.59 Å². The molecule has 0 radical (unpaired) electrons. The van der Waals surface area contributed by atoms with Crippen molar-refractivity contribution in [3.05, 3.63) is 71.4 Å². The minimum absolute atomic E-state index is 0.121. The van der Waals surface area contributed by atoms with E-state index >= 15 is 0 Å². The summed E-state index contributed by atoms with van der Waals surface area (Å²) in [6.07, 6.45) is 9.95. The number of anilines is 3. The maximum Gasteiger partial charge on any atom is 0.244 e. The molecule has 34 heavy (non-hydrogen) atoms. The van der Waals surface area contributed by atoms with E-state index in [1.807, 2.05) is 54.0 Å². The number of hydrogen-bond donors (Lipinski definition) is 1. The van der Waals surface area contributed by atoms with E-state index in [0.29, 0.717) is 17.4 Å². The Morgan fingerprint density at radius 2 is 1.85 bits per heavy atom. The molecule has 1 aliphatic heterocycles. The van der Waals surface area contributed by atoms with Crippen LogP contribution in [0.5, 0.6) is 0 Å². The van der Waals surface area contributed by atoms with Gasteiger partial charge in [-0.05, 0) is 42.7 Å². The molecule has 1 aliphatic rings. The monoisotopic (exact) mass is 475 g/mol. The Morgan fingerprint density at radius 1 is 1.09 bits per heavy atom. The SMILES string of the molecule is CC(=O)N(c1ccccc1)c1nc(/C=C/C(=O)NCc2ccc(N3CCCCCC3)nc2)cs1. The molecule has 1 saturated heterocycles. The largest absolute Gasteiger partial charge is 0.357 e. The molecule has 3 heterocycles. The van der Waals surface area contributed by atoms with Gasteiger partial charge in [-0.25, -0.2) is 9.97 Å². The van der Waals surface area contributed by atoms with Gasteiger partial charge in [-0.1, -0.05) is 37.1 Å². The number of pyridine rings is 1. The summed E-state index contributed by atoms with van der Waals surface area (Å²) in [5.74, 6) is 0.674. The number of rotatable bonds is 7. The Kier molecular flexibility index (Phi) is 8.04. The predicted octanol–water partition coefficient (Wildman–Crippen LogP) is 4.93. The van der Waals surface area contributed by atoms with Crippen LogP contribution in [-0.4, -0.2) is 34.9 Å². The number of hydrogen-bond acceptors (Lipinski definition) is 6. The summed E-state index contributed by atoms with van der Waals surface area (Å²) < 4.78 is 0. The standard InChI is InChI=1S/C26H29N5O2S/c1-20(32)31(23-9-5-4-6-10-23)26-29-22(19-34-26)12-14-25(33)28-18-21-11-13-24(27-17-21)30-15-7-2-3-8-16-30/h4-6,9-14,17,19H,2-3,7-8,15-16,18H2,1H3,(H,28,33)/b14-12+. The van der Waals surface area contributed by atoms with Gasteiger partial charge in [0.1, 0.15) is 5.82 Å². The molecule has 1 aromatic carbocycles. The minimum atomic E-state index is -0.211. The lowest BCUT2D eigenvalue weighted by atomic mass is 10.2. The fraction of sp³-hybridized carbons (Fsp3) is 0.308. The van der Waals surface area contributed by atoms with Crippen LogP contribution in [0, 0.1) is 0 Å². The summed E-state index contributed by atoms with van der Waals surface area (Å²) in [5, 5.41) is 5.27. The van der Waals surface area contributed by atoms with Crippen LogP contribution in [0.2, 0.25) is 0 Å². The molecule has 4 rings (SSSR count). The number of carbonyl (C=O) groups excluding carboxylic acids is 2. The number of thiazole rings is 1. The summed E-state index contributed by atoms with van der Waals surface area (Å²) in [6, 6.07) is 13.4. The van der Waals surface area contributed by atoms with Crippen LogP contribution in [0.25, 0.3) is 6.08 Å². The van der Waals surface area contributed by atoms with E-state index in [2.05, 4.69) is 20.2 Å². The van der Waals surface area contributed by atoms with Gasteiger partial charge in [-0.2, -0.15) is 0 Å². The fourth-order valence-corrected chi connectivity index (χ4v) is 4.73. The zero-order valence-electron chi connectivity index (χ0n) is 19.3. The van der Waals surface area contributed by atoms with E-state index in [4.69, 9.17) is 0 Å². The highest BCUT2D eigenvalue weighted by Crippen LogP contribution is 2.29. The summed E-state index contributed by atoms with van der Waals surface area (Å²) >= 11 is 1.36. The molecule has 1 fully saturated rings. The molecule has 3 aromatic rings. The average Bonchev–Trinajstić information content (AvgIpc) is 3.14. The van der Waals surface area contributed by atoms with Gasteiger partial charge in [0.25, 0.3) is 0 Å². The molecule has 2 aromatic heterocycles. The van der Waals surface area contributed by atoms with Gasteiger partial charge >= 0.3 is 0 Å². The van der Waals surface area contributed by atoms with Crippen molar-refractivity contribution in [1.82, 2.24) is 15.3 Å². The summed E-state index contributed by atoms with van der Waals surface area (Å²) in [7, 11) is 0. The first kappa shape index (κ1) is 23.6. The Hall–Kier alpha value is -3.52. The second-order valence-electron chi connectivity index (χ2n) is 8.22. The molecular weight excluding hydrogens is 446 g/mol. The molecule has 0 atom stereocenters. The first-order valence-corrected chi connectivity index (χ1v) is 12.5. The first-order chi connectivity index (χ1) is 16.6. The Bertz CT molecular complexity index is 1120. The first-order valence-electron chi connectivity index (χ1n) is 11.6. The second kappa shape index (κ2) is 11.6. The van der Waals surface area contributed by atoms with Crippen molar-refractivity contribution in [2.24, 2.45) is 0 Å². The van der Waals surface area contributed by atoms with Crippen molar-refractivity contribution in [1.29, 1.82) is 0 Å². The van der Waals surface area contributed by atoms with E-state index < -0.39 is 0 Å². The second-order valence-corrected chi connectivity index (χ2v) is 9.06. The van der Waals surface area contributed by atoms with Crippen LogP contribution in [0.1, 0.15) is 43.9 Å². The van der Waals surface area contributed by atoms with Crippen molar-refractivity contribution in [3.8, 4) is 0 Å². The van der Waals surface area contributed by atoms with Gasteiger partial charge in [-0.15, -0.1) is 11.3 Å². The molecular formula is C26H29N5O2S. The molecule has 8 heteroatoms. The quantitative estimate of drug-likeness (QED) is 0.490. The molecule has 176 valence electrons. The lowest BCUT2D eigenvalue weighted by Gasteiger charge is -2.21. The van der Waals surface area contributed by atoms with Crippen LogP contribution < -0.4 is 15.1 Å². The average molecular weight is 476 g/mol. The third-order valence-electron chi connectivity index (χ3n) is 5.64. The Balaban J connectivity index is 1.31. The lowest BCUT2D eigenvalue weighted by molar-refractivity contribution is -0.117. The number of nitrogens with zero attached hydrogens (tertiary/aromatic N) is 4. The molecule has 0 unspecified atom stereocenters. The van der Waals surface area contributed by atoms with E-state index in [0.717, 1.165) is 30.2 Å². The van der Waals surface area contributed by atoms with E-state index in [-0.39, 0.29) is 11.8 Å². The topological polar surface area (TPSA) is 78.4 Å². The molecule has 1 N–H and O–H groups in total. The molecule has 0 spiro atoms. The normalized spacial score (nSPS) is 14.1. The Morgan fingerprint density at radius 3 is 2.53 bits per heavy atom. The zero-order chi connectivity index (χ0) is 23.8. The number of carbonyl (C=O) groups is 2. The van der Waals surface area contributed by atoms with Crippen LogP contribution >= 0.6 is 11.3 Å². The smallest absolute Gasteiger partial charge is 0.244 e. The van der Waals surface area contributed by atoms with Gasteiger partial charge in [0.15, 0.2) is 5.13 Å². The van der Waals surface area contributed by atoms with E-state index in [1.165, 1.54) is 50.0 Å². The van der Waals surface area contributed by atoms with Crippen molar-refractivity contribution in [2.45, 2.75) is 39.2 Å². The van der Waals surface area contributed by atoms with Crippen molar-refractivity contribution in [3.63, 3.8) is 0 Å². The maximum absolute atomic E-state index is 12.3. The highest BCUT2D eigenvalue weighted by Gasteiger charge is 2.17. The number of aromatic nitrogens is 2. The highest BCUT2D eigenvalue weighted by molar-refractivity contribution is 7.14. The summed E-state index contributed by atoms with van der Waals surface area (Å²) in [6.45, 7) is 4.03. The van der Waals surface area contributed by atoms with Crippen molar-refractivity contribution in [2.75, 3.05) is 22.9 Å². The van der Waals surface area contributed by atoms with E-state index in [9.17, 15) is 9.59 Å². The van der Waals surface area contributed by atoms with Gasteiger partial charge < -0.3 is 10.2 Å². The predicted molar refractivity (Wildman–Crippen MR) is 137 cm³/mol. The van der Waals surface area contributed by atoms with Crippen LogP contribution in [0.4, 0.5) is 16.6 Å². The summed E-state index contributed by atoms with van der Waals surface area (Å²) in [5.41, 5.74) is 2.34. The van der Waals surface area contributed by atoms with Crippen molar-refractivity contribution >= 4 is 45.9 Å². The van der Waals surface area contributed by atoms with Crippen LogP contribution in [0.3, 0.4) is 0 Å². The van der Waals surface area contributed by atoms with Crippen LogP contribution in [0.15, 0.2) is 60.1 Å². The highest BCUT2D eigenvalue weighted by atomic mass is 32.1. The van der Waals surface area contributed by atoms with Gasteiger partial charge in [0, 0.05) is 44.2 Å². The number of para-hydroxylation sites is 1. The van der Waals surface area contributed by atoms with Gasteiger partial charge in [-0.3, -0.25) is 14.5 Å². The van der Waals surface area contributed by atoms with Crippen LogP contribution in [-0.2, 0) is 16.1 Å². The molecule has 0 bridgehead atoms. The molecule has 7 nitrogen and oxygen atoms in total. The number of amides is 2. The lowest BCUT2D eigenvalue weighted by Crippen LogP contribution is -2.25. The third kappa shape index (κ3) is 6.29. The minimum Gasteiger partial charge on any atom is -0.357 e. The molecule has 0 aliphatic carbocycles. The van der Waals surface area contributed by atoms with Gasteiger partial charge in [0.05, 0.1) is 11.4 Å². The van der Waals surface area contributed by atoms with Gasteiger partial charge in [0.2, 0.25) is 11.8 Å². The number of nitrogens with one attached hydrogen (secondary N) is 1. The third-order valence-corrected chi connectivity index (χ3v) is 6.49. The van der Waals surface area contributed by atoms with E-state index in [1.54, 1.807) is 11.0 Å². The molecule has 0 saturated carbocycles. The zero-order valence-corrected chi connectivity index (χ0v) is 20.1. The summed E-state index contributed by atoms with van der Waals surface area (Å²) in [4.78, 5) is 37.5.